The summed E-state index contributed by atoms with van der Waals surface area (Å²) in [6.07, 6.45) is 1.73. The highest BCUT2D eigenvalue weighted by atomic mass is 32.1. The van der Waals surface area contributed by atoms with Crippen LogP contribution in [0.25, 0.3) is 0 Å². The first-order valence-electron chi connectivity index (χ1n) is 4.40. The Labute approximate surface area is 78.6 Å². The maximum atomic E-state index is 8.99. The van der Waals surface area contributed by atoms with Gasteiger partial charge in [0.25, 0.3) is 0 Å². The average Bonchev–Trinajstić information content (AvgIpc) is 2.01. The van der Waals surface area contributed by atoms with Crippen molar-refractivity contribution < 1.29 is 10.2 Å². The highest BCUT2D eigenvalue weighted by molar-refractivity contribution is 7.81. The van der Waals surface area contributed by atoms with E-state index in [2.05, 4.69) is 17.9 Å². The summed E-state index contributed by atoms with van der Waals surface area (Å²) in [7, 11) is 0. The molecule has 0 aromatic heterocycles. The molecule has 1 rings (SSSR count). The Bertz CT molecular complexity index is 128. The van der Waals surface area contributed by atoms with E-state index in [4.69, 9.17) is 10.2 Å². The van der Waals surface area contributed by atoms with Gasteiger partial charge in [-0.2, -0.15) is 12.6 Å². The summed E-state index contributed by atoms with van der Waals surface area (Å²) in [4.78, 5) is 0. The number of aliphatic hydroxyl groups is 2. The predicted octanol–water partition coefficient (Wildman–Crippen LogP) is -0.362. The van der Waals surface area contributed by atoms with Crippen LogP contribution in [-0.2, 0) is 0 Å². The zero-order valence-corrected chi connectivity index (χ0v) is 8.00. The Morgan fingerprint density at radius 1 is 1.50 bits per heavy atom. The van der Waals surface area contributed by atoms with E-state index in [9.17, 15) is 0 Å². The van der Waals surface area contributed by atoms with Crippen molar-refractivity contribution in [3.05, 3.63) is 0 Å². The van der Waals surface area contributed by atoms with Gasteiger partial charge in [0.05, 0.1) is 12.7 Å². The molecule has 12 heavy (non-hydrogen) atoms. The van der Waals surface area contributed by atoms with Gasteiger partial charge in [0.15, 0.2) is 0 Å². The third-order valence-electron chi connectivity index (χ3n) is 2.23. The van der Waals surface area contributed by atoms with E-state index in [0.717, 1.165) is 12.5 Å². The second-order valence-corrected chi connectivity index (χ2v) is 4.22. The smallest absolute Gasteiger partial charge is 0.0894 e. The van der Waals surface area contributed by atoms with Gasteiger partial charge in [0.1, 0.15) is 0 Å². The van der Waals surface area contributed by atoms with Gasteiger partial charge in [0.2, 0.25) is 0 Å². The van der Waals surface area contributed by atoms with E-state index < -0.39 is 6.10 Å². The molecule has 0 radical (unpaired) electrons. The van der Waals surface area contributed by atoms with E-state index in [-0.39, 0.29) is 6.61 Å². The molecule has 3 nitrogen and oxygen atoms in total. The SMILES string of the molecule is OCC(O)CNCC1CC(S)C1. The molecule has 3 N–H and O–H groups in total. The Hall–Kier alpha value is 0.230. The maximum absolute atomic E-state index is 8.99. The number of thiol groups is 1. The number of aliphatic hydroxyl groups excluding tert-OH is 2. The van der Waals surface area contributed by atoms with E-state index in [1.54, 1.807) is 0 Å². The first-order chi connectivity index (χ1) is 5.72. The molecule has 1 aliphatic carbocycles. The summed E-state index contributed by atoms with van der Waals surface area (Å²) in [6, 6.07) is 0. The van der Waals surface area contributed by atoms with Crippen LogP contribution in [0.5, 0.6) is 0 Å². The second-order valence-electron chi connectivity index (χ2n) is 3.49. The molecule has 1 unspecified atom stereocenters. The van der Waals surface area contributed by atoms with Crippen molar-refractivity contribution in [1.29, 1.82) is 0 Å². The van der Waals surface area contributed by atoms with Gasteiger partial charge >= 0.3 is 0 Å². The summed E-state index contributed by atoms with van der Waals surface area (Å²) in [6.45, 7) is 1.27. The molecule has 0 bridgehead atoms. The van der Waals surface area contributed by atoms with Crippen molar-refractivity contribution in [3.63, 3.8) is 0 Å². The first kappa shape index (κ1) is 10.3. The fourth-order valence-corrected chi connectivity index (χ4v) is 1.98. The van der Waals surface area contributed by atoms with Gasteiger partial charge in [-0.3, -0.25) is 0 Å². The van der Waals surface area contributed by atoms with E-state index >= 15 is 0 Å². The van der Waals surface area contributed by atoms with Gasteiger partial charge in [-0.15, -0.1) is 0 Å². The molecule has 0 heterocycles. The summed E-state index contributed by atoms with van der Waals surface area (Å²) in [5, 5.41) is 21.2. The van der Waals surface area contributed by atoms with Crippen LogP contribution in [0.3, 0.4) is 0 Å². The molecule has 0 aliphatic heterocycles. The van der Waals surface area contributed by atoms with Gasteiger partial charge < -0.3 is 15.5 Å². The molecule has 0 amide bonds. The summed E-state index contributed by atoms with van der Waals surface area (Å²) < 4.78 is 0. The minimum atomic E-state index is -0.614. The average molecular weight is 191 g/mol. The lowest BCUT2D eigenvalue weighted by Gasteiger charge is -2.32. The van der Waals surface area contributed by atoms with E-state index in [1.165, 1.54) is 12.8 Å². The Balaban J connectivity index is 1.89. The van der Waals surface area contributed by atoms with Crippen LogP contribution in [0.2, 0.25) is 0 Å². The highest BCUT2D eigenvalue weighted by Crippen LogP contribution is 2.30. The van der Waals surface area contributed by atoms with Crippen LogP contribution in [0, 0.1) is 5.92 Å². The molecule has 0 spiro atoms. The molecule has 1 fully saturated rings. The molecular formula is C8H17NO2S. The third kappa shape index (κ3) is 3.31. The monoisotopic (exact) mass is 191 g/mol. The molecular weight excluding hydrogens is 174 g/mol. The molecule has 0 aromatic rings. The van der Waals surface area contributed by atoms with Crippen molar-refractivity contribution in [2.75, 3.05) is 19.7 Å². The van der Waals surface area contributed by atoms with Gasteiger partial charge in [-0.05, 0) is 25.3 Å². The van der Waals surface area contributed by atoms with Crippen molar-refractivity contribution in [1.82, 2.24) is 5.32 Å². The van der Waals surface area contributed by atoms with Gasteiger partial charge in [0, 0.05) is 11.8 Å². The quantitative estimate of drug-likeness (QED) is 0.449. The molecule has 0 saturated heterocycles. The molecule has 4 heteroatoms. The first-order valence-corrected chi connectivity index (χ1v) is 4.91. The number of hydrogen-bond acceptors (Lipinski definition) is 4. The van der Waals surface area contributed by atoms with Gasteiger partial charge in [-0.25, -0.2) is 0 Å². The van der Waals surface area contributed by atoms with E-state index in [0.29, 0.717) is 11.8 Å². The largest absolute Gasteiger partial charge is 0.394 e. The second kappa shape index (κ2) is 5.07. The van der Waals surface area contributed by atoms with E-state index in [1.807, 2.05) is 0 Å². The van der Waals surface area contributed by atoms with Crippen LogP contribution in [0.1, 0.15) is 12.8 Å². The van der Waals surface area contributed by atoms with Gasteiger partial charge in [-0.1, -0.05) is 0 Å². The Morgan fingerprint density at radius 2 is 2.17 bits per heavy atom. The molecule has 1 atom stereocenters. The maximum Gasteiger partial charge on any atom is 0.0894 e. The zero-order chi connectivity index (χ0) is 8.97. The summed E-state index contributed by atoms with van der Waals surface area (Å²) in [5.41, 5.74) is 0. The highest BCUT2D eigenvalue weighted by Gasteiger charge is 2.25. The number of hydrogen-bond donors (Lipinski definition) is 4. The minimum absolute atomic E-state index is 0.160. The molecule has 0 aromatic carbocycles. The number of nitrogens with one attached hydrogen (secondary N) is 1. The standard InChI is InChI=1S/C8H17NO2S/c10-5-7(11)4-9-3-6-1-8(12)2-6/h6-12H,1-5H2. The lowest BCUT2D eigenvalue weighted by atomic mass is 9.85. The van der Waals surface area contributed by atoms with Crippen LogP contribution >= 0.6 is 12.6 Å². The molecule has 1 aliphatic rings. The van der Waals surface area contributed by atoms with Crippen molar-refractivity contribution in [2.24, 2.45) is 5.92 Å². The number of rotatable bonds is 5. The Kier molecular flexibility index (Phi) is 4.35. The third-order valence-corrected chi connectivity index (χ3v) is 2.66. The van der Waals surface area contributed by atoms with Crippen LogP contribution in [-0.4, -0.2) is 41.3 Å². The zero-order valence-electron chi connectivity index (χ0n) is 7.11. The summed E-state index contributed by atoms with van der Waals surface area (Å²) >= 11 is 4.31. The summed E-state index contributed by atoms with van der Waals surface area (Å²) in [5.74, 6) is 0.721. The van der Waals surface area contributed by atoms with Crippen LogP contribution in [0.4, 0.5) is 0 Å². The Morgan fingerprint density at radius 3 is 2.67 bits per heavy atom. The lowest BCUT2D eigenvalue weighted by Crippen LogP contribution is -2.37. The van der Waals surface area contributed by atoms with Crippen molar-refractivity contribution in [2.45, 2.75) is 24.2 Å². The van der Waals surface area contributed by atoms with Crippen molar-refractivity contribution in [3.8, 4) is 0 Å². The topological polar surface area (TPSA) is 52.5 Å². The fraction of sp³-hybridized carbons (Fsp3) is 1.00. The van der Waals surface area contributed by atoms with Crippen molar-refractivity contribution >= 4 is 12.6 Å². The normalized spacial score (nSPS) is 31.2. The van der Waals surface area contributed by atoms with Crippen LogP contribution in [0.15, 0.2) is 0 Å². The molecule has 1 saturated carbocycles. The fourth-order valence-electron chi connectivity index (χ4n) is 1.39. The predicted molar refractivity (Wildman–Crippen MR) is 51.5 cm³/mol. The molecule has 72 valence electrons. The van der Waals surface area contributed by atoms with Crippen LogP contribution < -0.4 is 5.32 Å². The lowest BCUT2D eigenvalue weighted by molar-refractivity contribution is 0.0925. The minimum Gasteiger partial charge on any atom is -0.394 e.